The molecule has 14 heavy (non-hydrogen) atoms. The third kappa shape index (κ3) is 2.47. The monoisotopic (exact) mass is 197 g/mol. The first kappa shape index (κ1) is 9.97. The zero-order valence-corrected chi connectivity index (χ0v) is 8.84. The number of hydrogen-bond donors (Lipinski definition) is 1. The molecule has 1 aliphatic carbocycles. The zero-order valence-electron chi connectivity index (χ0n) is 8.84. The Morgan fingerprint density at radius 2 is 2.36 bits per heavy atom. The number of ether oxygens (including phenoxy) is 1. The molecule has 1 saturated carbocycles. The Bertz CT molecular complexity index is 223. The molecule has 2 aliphatic rings. The van der Waals surface area contributed by atoms with Crippen molar-refractivity contribution in [2.45, 2.75) is 45.1 Å². The summed E-state index contributed by atoms with van der Waals surface area (Å²) in [7, 11) is 0. The third-order valence-corrected chi connectivity index (χ3v) is 3.35. The lowest BCUT2D eigenvalue weighted by atomic mass is 10.0. The van der Waals surface area contributed by atoms with Crippen LogP contribution in [-0.2, 0) is 9.53 Å². The number of carbonyl (C=O) groups excluding carboxylic acids is 1. The van der Waals surface area contributed by atoms with E-state index in [2.05, 4.69) is 12.2 Å². The molecule has 0 aromatic rings. The van der Waals surface area contributed by atoms with E-state index in [0.29, 0.717) is 5.41 Å². The maximum atomic E-state index is 11.1. The number of hydrogen-bond acceptors (Lipinski definition) is 2. The first-order valence-electron chi connectivity index (χ1n) is 5.59. The van der Waals surface area contributed by atoms with Gasteiger partial charge in [-0.15, -0.1) is 0 Å². The summed E-state index contributed by atoms with van der Waals surface area (Å²) in [5.41, 5.74) is 0.612. The molecule has 0 radical (unpaired) electrons. The molecule has 0 bridgehead atoms. The summed E-state index contributed by atoms with van der Waals surface area (Å²) in [5.74, 6) is 0.0719. The van der Waals surface area contributed by atoms with E-state index in [9.17, 15) is 4.79 Å². The molecule has 1 amide bonds. The summed E-state index contributed by atoms with van der Waals surface area (Å²) in [5, 5.41) is 2.78. The van der Waals surface area contributed by atoms with Crippen LogP contribution in [0.25, 0.3) is 0 Å². The second kappa shape index (κ2) is 3.89. The molecule has 1 N–H and O–H groups in total. The van der Waals surface area contributed by atoms with Gasteiger partial charge in [0.2, 0.25) is 5.91 Å². The Morgan fingerprint density at radius 3 is 2.93 bits per heavy atom. The molecule has 0 spiro atoms. The van der Waals surface area contributed by atoms with Gasteiger partial charge in [-0.25, -0.2) is 0 Å². The Balaban J connectivity index is 1.56. The largest absolute Gasteiger partial charge is 0.368 e. The van der Waals surface area contributed by atoms with Crippen molar-refractivity contribution in [2.75, 3.05) is 13.2 Å². The summed E-state index contributed by atoms with van der Waals surface area (Å²) >= 11 is 0. The van der Waals surface area contributed by atoms with Gasteiger partial charge in [0.15, 0.2) is 0 Å². The lowest BCUT2D eigenvalue weighted by Crippen LogP contribution is -2.25. The van der Waals surface area contributed by atoms with Crippen molar-refractivity contribution in [1.82, 2.24) is 5.32 Å². The molecular weight excluding hydrogens is 178 g/mol. The molecule has 1 saturated heterocycles. The molecule has 0 aromatic heterocycles. The van der Waals surface area contributed by atoms with Gasteiger partial charge in [-0.05, 0) is 37.5 Å². The van der Waals surface area contributed by atoms with Gasteiger partial charge in [-0.1, -0.05) is 6.92 Å². The van der Waals surface area contributed by atoms with Gasteiger partial charge < -0.3 is 10.1 Å². The van der Waals surface area contributed by atoms with Crippen LogP contribution in [0.3, 0.4) is 0 Å². The normalized spacial score (nSPS) is 28.9. The summed E-state index contributed by atoms with van der Waals surface area (Å²) in [6.45, 7) is 3.85. The number of carbonyl (C=O) groups is 1. The fourth-order valence-electron chi connectivity index (χ4n) is 1.92. The van der Waals surface area contributed by atoms with Crippen LogP contribution >= 0.6 is 0 Å². The summed E-state index contributed by atoms with van der Waals surface area (Å²) in [6, 6.07) is 0. The van der Waals surface area contributed by atoms with E-state index < -0.39 is 0 Å². The second-order valence-electron chi connectivity index (χ2n) is 4.85. The highest BCUT2D eigenvalue weighted by Gasteiger charge is 2.36. The first-order chi connectivity index (χ1) is 6.70. The highest BCUT2D eigenvalue weighted by Crippen LogP contribution is 2.48. The van der Waals surface area contributed by atoms with Crippen LogP contribution in [0.5, 0.6) is 0 Å². The van der Waals surface area contributed by atoms with Gasteiger partial charge >= 0.3 is 0 Å². The van der Waals surface area contributed by atoms with Gasteiger partial charge in [-0.2, -0.15) is 0 Å². The highest BCUT2D eigenvalue weighted by molar-refractivity contribution is 5.82. The Morgan fingerprint density at radius 1 is 1.57 bits per heavy atom. The average molecular weight is 197 g/mol. The van der Waals surface area contributed by atoms with Crippen molar-refractivity contribution in [3.63, 3.8) is 0 Å². The van der Waals surface area contributed by atoms with Crippen molar-refractivity contribution in [3.05, 3.63) is 0 Å². The van der Waals surface area contributed by atoms with Crippen molar-refractivity contribution >= 4 is 5.91 Å². The molecule has 2 rings (SSSR count). The molecule has 2 fully saturated rings. The molecular formula is C11H19NO2. The quantitative estimate of drug-likeness (QED) is 0.678. The van der Waals surface area contributed by atoms with E-state index >= 15 is 0 Å². The molecule has 1 heterocycles. The minimum absolute atomic E-state index is 0.0719. The molecule has 3 heteroatoms. The number of rotatable bonds is 5. The summed E-state index contributed by atoms with van der Waals surface area (Å²) in [6.07, 6.45) is 5.77. The standard InChI is InChI=1S/C11H19NO2/c1-11(5-6-11)4-2-8-14-9-3-7-12-10(9)13/h9H,2-8H2,1H3,(H,12,13). The smallest absolute Gasteiger partial charge is 0.249 e. The predicted octanol–water partition coefficient (Wildman–Crippen LogP) is 1.47. The van der Waals surface area contributed by atoms with Gasteiger partial charge in [0.05, 0.1) is 0 Å². The van der Waals surface area contributed by atoms with Crippen LogP contribution in [0.1, 0.15) is 39.0 Å². The molecule has 1 atom stereocenters. The van der Waals surface area contributed by atoms with E-state index in [0.717, 1.165) is 26.0 Å². The summed E-state index contributed by atoms with van der Waals surface area (Å²) < 4.78 is 5.53. The SMILES string of the molecule is CC1(CCCOC2CCNC2=O)CC1. The van der Waals surface area contributed by atoms with Crippen molar-refractivity contribution in [1.29, 1.82) is 0 Å². The average Bonchev–Trinajstić information content (AvgIpc) is 2.74. The van der Waals surface area contributed by atoms with Crippen LogP contribution < -0.4 is 5.32 Å². The molecule has 0 aromatic carbocycles. The van der Waals surface area contributed by atoms with Crippen molar-refractivity contribution < 1.29 is 9.53 Å². The van der Waals surface area contributed by atoms with Crippen LogP contribution in [-0.4, -0.2) is 25.2 Å². The highest BCUT2D eigenvalue weighted by atomic mass is 16.5. The van der Waals surface area contributed by atoms with E-state index in [1.807, 2.05) is 0 Å². The Hall–Kier alpha value is -0.570. The van der Waals surface area contributed by atoms with Gasteiger partial charge in [0, 0.05) is 13.2 Å². The molecule has 1 unspecified atom stereocenters. The third-order valence-electron chi connectivity index (χ3n) is 3.35. The lowest BCUT2D eigenvalue weighted by Gasteiger charge is -2.10. The van der Waals surface area contributed by atoms with Gasteiger partial charge in [-0.3, -0.25) is 4.79 Å². The topological polar surface area (TPSA) is 38.3 Å². The number of amides is 1. The molecule has 1 aliphatic heterocycles. The van der Waals surface area contributed by atoms with Gasteiger partial charge in [0.1, 0.15) is 6.10 Å². The van der Waals surface area contributed by atoms with Crippen LogP contribution in [0.2, 0.25) is 0 Å². The fourth-order valence-corrected chi connectivity index (χ4v) is 1.92. The minimum atomic E-state index is -0.165. The fraction of sp³-hybridized carbons (Fsp3) is 0.909. The Kier molecular flexibility index (Phi) is 2.77. The van der Waals surface area contributed by atoms with Crippen LogP contribution in [0.15, 0.2) is 0 Å². The number of nitrogens with one attached hydrogen (secondary N) is 1. The van der Waals surface area contributed by atoms with E-state index in [-0.39, 0.29) is 12.0 Å². The van der Waals surface area contributed by atoms with E-state index in [4.69, 9.17) is 4.74 Å². The Labute approximate surface area is 85.2 Å². The summed E-state index contributed by atoms with van der Waals surface area (Å²) in [4.78, 5) is 11.1. The lowest BCUT2D eigenvalue weighted by molar-refractivity contribution is -0.129. The molecule has 80 valence electrons. The minimum Gasteiger partial charge on any atom is -0.368 e. The second-order valence-corrected chi connectivity index (χ2v) is 4.85. The predicted molar refractivity (Wildman–Crippen MR) is 53.9 cm³/mol. The first-order valence-corrected chi connectivity index (χ1v) is 5.59. The van der Waals surface area contributed by atoms with Crippen molar-refractivity contribution in [2.24, 2.45) is 5.41 Å². The van der Waals surface area contributed by atoms with Gasteiger partial charge in [0.25, 0.3) is 0 Å². The van der Waals surface area contributed by atoms with E-state index in [1.165, 1.54) is 19.3 Å². The maximum Gasteiger partial charge on any atom is 0.249 e. The zero-order chi connectivity index (χ0) is 10.0. The maximum absolute atomic E-state index is 11.1. The molecule has 3 nitrogen and oxygen atoms in total. The van der Waals surface area contributed by atoms with Crippen LogP contribution in [0.4, 0.5) is 0 Å². The van der Waals surface area contributed by atoms with E-state index in [1.54, 1.807) is 0 Å². The van der Waals surface area contributed by atoms with Crippen molar-refractivity contribution in [3.8, 4) is 0 Å². The van der Waals surface area contributed by atoms with Crippen LogP contribution in [0, 0.1) is 5.41 Å².